The van der Waals surface area contributed by atoms with E-state index in [0.29, 0.717) is 17.8 Å². The van der Waals surface area contributed by atoms with Gasteiger partial charge in [-0.05, 0) is 35.9 Å². The second kappa shape index (κ2) is 7.27. The minimum atomic E-state index is -4.54. The fourth-order valence-electron chi connectivity index (χ4n) is 3.11. The first-order valence-corrected chi connectivity index (χ1v) is 9.17. The molecule has 4 heterocycles. The summed E-state index contributed by atoms with van der Waals surface area (Å²) in [5, 5.41) is 11.9. The van der Waals surface area contributed by atoms with Crippen LogP contribution in [0.1, 0.15) is 11.3 Å². The molecule has 0 aliphatic rings. The van der Waals surface area contributed by atoms with E-state index in [2.05, 4.69) is 35.6 Å². The predicted octanol–water partition coefficient (Wildman–Crippen LogP) is 3.98. The number of anilines is 2. The number of hydrogen-bond acceptors (Lipinski definition) is 7. The second-order valence-electron chi connectivity index (χ2n) is 6.71. The highest BCUT2D eigenvalue weighted by molar-refractivity contribution is 5.79. The van der Waals surface area contributed by atoms with Crippen LogP contribution >= 0.6 is 0 Å². The first-order valence-electron chi connectivity index (χ1n) is 9.17. The van der Waals surface area contributed by atoms with Gasteiger partial charge in [-0.25, -0.2) is 19.6 Å². The normalized spacial score (nSPS) is 11.8. The number of nitrogens with zero attached hydrogens (tertiary/aromatic N) is 7. The molecule has 8 nitrogen and oxygen atoms in total. The summed E-state index contributed by atoms with van der Waals surface area (Å²) >= 11 is 0. The Morgan fingerprint density at radius 3 is 2.71 bits per heavy atom. The molecule has 5 aromatic rings. The molecule has 0 atom stereocenters. The summed E-state index contributed by atoms with van der Waals surface area (Å²) in [6, 6.07) is 13.3. The van der Waals surface area contributed by atoms with Crippen molar-refractivity contribution in [3.63, 3.8) is 0 Å². The minimum Gasteiger partial charge on any atom is -0.324 e. The van der Waals surface area contributed by atoms with Crippen LogP contribution < -0.4 is 5.32 Å². The third kappa shape index (κ3) is 3.84. The molecule has 1 N–H and O–H groups in total. The Bertz CT molecular complexity index is 1400. The van der Waals surface area contributed by atoms with Crippen LogP contribution in [0, 0.1) is 0 Å². The molecular formula is C20H13F3N8. The third-order valence-electron chi connectivity index (χ3n) is 4.52. The van der Waals surface area contributed by atoms with E-state index in [1.165, 1.54) is 18.3 Å². The molecule has 154 valence electrons. The quantitative estimate of drug-likeness (QED) is 0.468. The molecule has 11 heteroatoms. The standard InChI is InChI=1S/C20H13F3N8/c21-20(22,23)15-4-1-5-16(26-15)27-17-10-25-18-19(28-17)31(30-29-18)11-12-6-7-14-13(9-12)3-2-8-24-14/h1-10H,11H2,(H,26,27,28). The van der Waals surface area contributed by atoms with Gasteiger partial charge in [-0.2, -0.15) is 13.2 Å². The zero-order chi connectivity index (χ0) is 21.4. The molecule has 0 amide bonds. The Labute approximate surface area is 172 Å². The Kier molecular flexibility index (Phi) is 4.42. The highest BCUT2D eigenvalue weighted by atomic mass is 19.4. The second-order valence-corrected chi connectivity index (χ2v) is 6.71. The van der Waals surface area contributed by atoms with Crippen molar-refractivity contribution >= 4 is 33.8 Å². The van der Waals surface area contributed by atoms with Gasteiger partial charge in [0, 0.05) is 11.6 Å². The average Bonchev–Trinajstić information content (AvgIpc) is 3.15. The van der Waals surface area contributed by atoms with Gasteiger partial charge in [0.2, 0.25) is 5.65 Å². The number of pyridine rings is 2. The SMILES string of the molecule is FC(F)(F)c1cccc(Nc2cnc3nnn(Cc4ccc5ncccc5c4)c3n2)n1. The molecule has 0 saturated heterocycles. The maximum absolute atomic E-state index is 12.9. The lowest BCUT2D eigenvalue weighted by Crippen LogP contribution is -2.09. The Morgan fingerprint density at radius 1 is 0.935 bits per heavy atom. The van der Waals surface area contributed by atoms with E-state index in [4.69, 9.17) is 0 Å². The average molecular weight is 422 g/mol. The largest absolute Gasteiger partial charge is 0.433 e. The van der Waals surface area contributed by atoms with Gasteiger partial charge in [-0.15, -0.1) is 5.10 Å². The van der Waals surface area contributed by atoms with Crippen molar-refractivity contribution in [3.8, 4) is 0 Å². The van der Waals surface area contributed by atoms with E-state index >= 15 is 0 Å². The maximum Gasteiger partial charge on any atom is 0.433 e. The fraction of sp³-hybridized carbons (Fsp3) is 0.100. The molecule has 1 aromatic carbocycles. The summed E-state index contributed by atoms with van der Waals surface area (Å²) in [5.41, 5.74) is 1.57. The highest BCUT2D eigenvalue weighted by Crippen LogP contribution is 2.28. The Morgan fingerprint density at radius 2 is 1.84 bits per heavy atom. The smallest absolute Gasteiger partial charge is 0.324 e. The molecule has 0 unspecified atom stereocenters. The topological polar surface area (TPSA) is 94.3 Å². The molecule has 0 spiro atoms. The predicted molar refractivity (Wildman–Crippen MR) is 106 cm³/mol. The lowest BCUT2D eigenvalue weighted by atomic mass is 10.1. The van der Waals surface area contributed by atoms with Crippen LogP contribution in [0.3, 0.4) is 0 Å². The molecule has 0 aliphatic carbocycles. The van der Waals surface area contributed by atoms with Crippen molar-refractivity contribution in [2.45, 2.75) is 12.7 Å². The number of nitrogens with one attached hydrogen (secondary N) is 1. The van der Waals surface area contributed by atoms with Gasteiger partial charge in [-0.3, -0.25) is 4.98 Å². The molecule has 4 aromatic heterocycles. The molecule has 31 heavy (non-hydrogen) atoms. The van der Waals surface area contributed by atoms with E-state index < -0.39 is 11.9 Å². The number of benzene rings is 1. The zero-order valence-electron chi connectivity index (χ0n) is 15.7. The van der Waals surface area contributed by atoms with Crippen LogP contribution in [0.15, 0.2) is 60.9 Å². The summed E-state index contributed by atoms with van der Waals surface area (Å²) in [6.07, 6.45) is -1.44. The van der Waals surface area contributed by atoms with Gasteiger partial charge >= 0.3 is 6.18 Å². The number of fused-ring (bicyclic) bond motifs is 2. The molecule has 0 bridgehead atoms. The monoisotopic (exact) mass is 422 g/mol. The van der Waals surface area contributed by atoms with Crippen LogP contribution in [0.25, 0.3) is 22.2 Å². The fourth-order valence-corrected chi connectivity index (χ4v) is 3.11. The summed E-state index contributed by atoms with van der Waals surface area (Å²) < 4.78 is 40.2. The molecular weight excluding hydrogens is 409 g/mol. The van der Waals surface area contributed by atoms with E-state index in [1.54, 1.807) is 10.9 Å². The zero-order valence-corrected chi connectivity index (χ0v) is 15.7. The van der Waals surface area contributed by atoms with Crippen LogP contribution in [0.2, 0.25) is 0 Å². The van der Waals surface area contributed by atoms with E-state index in [1.807, 2.05) is 30.3 Å². The van der Waals surface area contributed by atoms with Crippen molar-refractivity contribution in [2.24, 2.45) is 0 Å². The summed E-state index contributed by atoms with van der Waals surface area (Å²) in [6.45, 7) is 0.390. The number of hydrogen-bond donors (Lipinski definition) is 1. The van der Waals surface area contributed by atoms with Gasteiger partial charge < -0.3 is 5.32 Å². The number of aromatic nitrogens is 7. The molecule has 0 aliphatic heterocycles. The third-order valence-corrected chi connectivity index (χ3v) is 4.52. The number of rotatable bonds is 4. The maximum atomic E-state index is 12.9. The lowest BCUT2D eigenvalue weighted by Gasteiger charge is -2.09. The van der Waals surface area contributed by atoms with E-state index in [9.17, 15) is 13.2 Å². The molecule has 0 saturated carbocycles. The van der Waals surface area contributed by atoms with Crippen LogP contribution in [-0.4, -0.2) is 34.9 Å². The lowest BCUT2D eigenvalue weighted by molar-refractivity contribution is -0.141. The van der Waals surface area contributed by atoms with Crippen molar-refractivity contribution in [1.82, 2.24) is 34.9 Å². The van der Waals surface area contributed by atoms with Crippen LogP contribution in [-0.2, 0) is 12.7 Å². The van der Waals surface area contributed by atoms with Gasteiger partial charge in [0.05, 0.1) is 18.3 Å². The Hall–Kier alpha value is -4.15. The van der Waals surface area contributed by atoms with Gasteiger partial charge in [0.25, 0.3) is 0 Å². The summed E-state index contributed by atoms with van der Waals surface area (Å²) in [7, 11) is 0. The molecule has 0 radical (unpaired) electrons. The van der Waals surface area contributed by atoms with Crippen molar-refractivity contribution in [2.75, 3.05) is 5.32 Å². The summed E-state index contributed by atoms with van der Waals surface area (Å²) in [5.74, 6) is 0.232. The van der Waals surface area contributed by atoms with Crippen LogP contribution in [0.5, 0.6) is 0 Å². The number of halogens is 3. The number of alkyl halides is 3. The molecule has 0 fully saturated rings. The first kappa shape index (κ1) is 18.9. The van der Waals surface area contributed by atoms with Crippen molar-refractivity contribution < 1.29 is 13.2 Å². The van der Waals surface area contributed by atoms with Gasteiger partial charge in [-0.1, -0.05) is 23.4 Å². The first-order chi connectivity index (χ1) is 15.0. The van der Waals surface area contributed by atoms with Gasteiger partial charge in [0.15, 0.2) is 11.5 Å². The van der Waals surface area contributed by atoms with Crippen LogP contribution in [0.4, 0.5) is 24.8 Å². The van der Waals surface area contributed by atoms with Gasteiger partial charge in [0.1, 0.15) is 11.5 Å². The highest BCUT2D eigenvalue weighted by Gasteiger charge is 2.32. The Balaban J connectivity index is 1.44. The summed E-state index contributed by atoms with van der Waals surface area (Å²) in [4.78, 5) is 16.5. The van der Waals surface area contributed by atoms with Crippen molar-refractivity contribution in [3.05, 3.63) is 72.2 Å². The minimum absolute atomic E-state index is 0.00419. The van der Waals surface area contributed by atoms with E-state index in [-0.39, 0.29) is 11.6 Å². The molecule has 5 rings (SSSR count). The van der Waals surface area contributed by atoms with Crippen molar-refractivity contribution in [1.29, 1.82) is 0 Å². The van der Waals surface area contributed by atoms with E-state index in [0.717, 1.165) is 22.5 Å².